The van der Waals surface area contributed by atoms with Gasteiger partial charge in [-0.1, -0.05) is 122 Å². The molecule has 0 fully saturated rings. The van der Waals surface area contributed by atoms with Gasteiger partial charge >= 0.3 is 18.4 Å². The van der Waals surface area contributed by atoms with Crippen LogP contribution in [0.1, 0.15) is 18.1 Å². The van der Waals surface area contributed by atoms with Crippen LogP contribution < -0.4 is 14.2 Å². The lowest BCUT2D eigenvalue weighted by atomic mass is 10.1. The summed E-state index contributed by atoms with van der Waals surface area (Å²) in [7, 11) is 0. The van der Waals surface area contributed by atoms with Crippen molar-refractivity contribution in [2.24, 2.45) is 0 Å². The zero-order chi connectivity index (χ0) is 84.8. The van der Waals surface area contributed by atoms with Crippen molar-refractivity contribution < 1.29 is 89.3 Å². The molecule has 0 atom stereocenters. The van der Waals surface area contributed by atoms with Crippen LogP contribution in [-0.2, 0) is 6.42 Å². The zero-order valence-corrected chi connectivity index (χ0v) is 63.4. The van der Waals surface area contributed by atoms with Gasteiger partial charge in [-0.25, -0.2) is 13.2 Å². The molecule has 6 heterocycles. The molecule has 0 aliphatic carbocycles. The van der Waals surface area contributed by atoms with E-state index in [1.165, 1.54) is 63.5 Å². The van der Waals surface area contributed by atoms with Gasteiger partial charge in [0.25, 0.3) is 0 Å². The third kappa shape index (κ3) is 22.7. The van der Waals surface area contributed by atoms with E-state index in [0.717, 1.165) is 92.5 Å². The molecule has 0 aliphatic heterocycles. The molecule has 0 unspecified atom stereocenters. The number of hydrogen-bond acceptors (Lipinski definition) is 23. The quantitative estimate of drug-likeness (QED) is 0.0489. The predicted molar refractivity (Wildman–Crippen MR) is 432 cm³/mol. The highest BCUT2D eigenvalue weighted by molar-refractivity contribution is 5.71. The number of phenolic OH excluding ortho intramolecular Hbond substituents is 6. The number of nitrogens with zero attached hydrogens (tertiary/aromatic N) is 12. The Hall–Kier alpha value is -16.6. The second-order valence-electron chi connectivity index (χ2n) is 25.8. The largest absolute Gasteiger partial charge is 0.573 e. The molecule has 12 aromatic carbocycles. The summed E-state index contributed by atoms with van der Waals surface area (Å²) in [6.45, 7) is 4.14. The fourth-order valence-electron chi connectivity index (χ4n) is 11.1. The van der Waals surface area contributed by atoms with Crippen LogP contribution in [-0.4, -0.2) is 98.0 Å². The normalized spacial score (nSPS) is 10.7. The highest BCUT2D eigenvalue weighted by Gasteiger charge is 2.31. The monoisotopic (exact) mass is 1640 g/mol. The summed E-state index contributed by atoms with van der Waals surface area (Å²) in [5.74, 6) is 1.94. The van der Waals surface area contributed by atoms with E-state index in [1.54, 1.807) is 127 Å². The number of aryl methyl sites for hydroxylation is 2. The van der Waals surface area contributed by atoms with Crippen LogP contribution in [0.4, 0.5) is 26.3 Å². The summed E-state index contributed by atoms with van der Waals surface area (Å²) in [5.41, 5.74) is 12.2. The Kier molecular flexibility index (Phi) is 26.3. The van der Waals surface area contributed by atoms with Crippen LogP contribution in [0.3, 0.4) is 0 Å². The first-order valence-electron chi connectivity index (χ1n) is 36.4. The standard InChI is InChI=1S/C17H15NO2.C15H9F2NO2.C15H10FNO2.C15H11NO2.C14H9F3N4O3.C14H12N4O2/c1-2-12-3-5-14(6-4-12)17-11-16(18-20-17)13-7-9-15(19)10-8-13;16-10-3-6-12(13(17)7-10)15-8-14(18-20-15)9-1-4-11(19)5-2-9;16-13-4-2-1-3-12(13)15-9-14(17-19-15)10-5-7-11(18)8-6-10;17-13-8-6-11(7-9-13)14-10-15(18-16-14)12-4-2-1-3-5-12;15-14(16,17)24-12-7-5-11(6-8-12)23-13-18-19-20-21(13)9-1-3-10(22)4-2-9;1-10-2-8-13(9-3-10)20-14-15-16-17-18(14)11-4-6-12(19)7-5-11/h3-11,19H,2H2,1H3;1-8,19H;1-9,18H;1-10,17H;1-8,22H;2-9,19H,1H3. The van der Waals surface area contributed by atoms with Crippen LogP contribution in [0.5, 0.6) is 63.8 Å². The lowest BCUT2D eigenvalue weighted by Gasteiger charge is -2.09. The summed E-state index contributed by atoms with van der Waals surface area (Å²) in [6.07, 6.45) is -3.74. The van der Waals surface area contributed by atoms with Crippen molar-refractivity contribution >= 4 is 0 Å². The number of hydrogen-bond donors (Lipinski definition) is 6. The summed E-state index contributed by atoms with van der Waals surface area (Å²) < 4.78 is 115. The Morgan fingerprint density at radius 3 is 1.07 bits per heavy atom. The lowest BCUT2D eigenvalue weighted by Crippen LogP contribution is -2.16. The predicted octanol–water partition coefficient (Wildman–Crippen LogP) is 21.4. The van der Waals surface area contributed by atoms with Gasteiger partial charge in [-0.15, -0.1) is 13.2 Å². The van der Waals surface area contributed by atoms with E-state index >= 15 is 0 Å². The fraction of sp³-hybridized carbons (Fsp3) is 0.0444. The van der Waals surface area contributed by atoms with Gasteiger partial charge in [0, 0.05) is 63.7 Å². The Bertz CT molecular complexity index is 6320. The first-order chi connectivity index (χ1) is 58.6. The molecule has 6 aromatic heterocycles. The maximum Gasteiger partial charge on any atom is 0.573 e. The van der Waals surface area contributed by atoms with Crippen molar-refractivity contribution in [3.8, 4) is 165 Å². The highest BCUT2D eigenvalue weighted by Crippen LogP contribution is 2.35. The first kappa shape index (κ1) is 82.4. The first-order valence-corrected chi connectivity index (χ1v) is 36.4. The molecule has 0 bridgehead atoms. The molecule has 0 amide bonds. The number of alkyl halides is 3. The van der Waals surface area contributed by atoms with E-state index < -0.39 is 18.0 Å². The summed E-state index contributed by atoms with van der Waals surface area (Å²) in [4.78, 5) is 0. The smallest absolute Gasteiger partial charge is 0.508 e. The molecule has 0 saturated carbocycles. The van der Waals surface area contributed by atoms with E-state index in [-0.39, 0.29) is 75.2 Å². The minimum atomic E-state index is -4.76. The van der Waals surface area contributed by atoms with E-state index in [9.17, 15) is 57.0 Å². The minimum absolute atomic E-state index is 0.00480. The van der Waals surface area contributed by atoms with Gasteiger partial charge in [-0.3, -0.25) is 0 Å². The van der Waals surface area contributed by atoms with Crippen LogP contribution in [0.15, 0.2) is 334 Å². The Morgan fingerprint density at radius 2 is 0.678 bits per heavy atom. The number of tetrazole rings is 2. The van der Waals surface area contributed by atoms with Gasteiger partial charge in [-0.2, -0.15) is 9.36 Å². The number of aromatic hydroxyl groups is 6. The second-order valence-corrected chi connectivity index (χ2v) is 25.8. The number of phenols is 6. The number of aromatic nitrogens is 12. The molecule has 25 nitrogen and oxygen atoms in total. The molecule has 0 spiro atoms. The molecular weight excluding hydrogens is 1570 g/mol. The van der Waals surface area contributed by atoms with Crippen LogP contribution in [0, 0.1) is 24.4 Å². The average molecular weight is 1640 g/mol. The maximum absolute atomic E-state index is 13.6. The molecular formula is C90H66F6N12O13. The zero-order valence-electron chi connectivity index (χ0n) is 63.4. The van der Waals surface area contributed by atoms with E-state index in [2.05, 4.69) is 75.5 Å². The summed E-state index contributed by atoms with van der Waals surface area (Å²) in [5, 5.41) is 93.7. The second kappa shape index (κ2) is 38.7. The van der Waals surface area contributed by atoms with Crippen molar-refractivity contribution in [2.45, 2.75) is 26.6 Å². The van der Waals surface area contributed by atoms with Crippen LogP contribution in [0.2, 0.25) is 0 Å². The molecule has 0 saturated heterocycles. The van der Waals surface area contributed by atoms with Gasteiger partial charge in [-0.05, 0) is 246 Å². The average Bonchev–Trinajstić information content (AvgIpc) is 1.72. The van der Waals surface area contributed by atoms with E-state index in [4.69, 9.17) is 27.6 Å². The number of rotatable bonds is 16. The summed E-state index contributed by atoms with van der Waals surface area (Å²) in [6, 6.07) is 86.7. The lowest BCUT2D eigenvalue weighted by molar-refractivity contribution is -0.274. The molecule has 18 rings (SSSR count). The molecule has 18 aromatic rings. The Balaban J connectivity index is 0.000000126. The fourth-order valence-corrected chi connectivity index (χ4v) is 11.1. The molecule has 6 N–H and O–H groups in total. The Morgan fingerprint density at radius 1 is 0.339 bits per heavy atom. The third-order valence-corrected chi connectivity index (χ3v) is 17.3. The molecule has 121 heavy (non-hydrogen) atoms. The van der Waals surface area contributed by atoms with Crippen molar-refractivity contribution in [1.29, 1.82) is 0 Å². The third-order valence-electron chi connectivity index (χ3n) is 17.3. The van der Waals surface area contributed by atoms with Crippen LogP contribution in [0.25, 0.3) is 102 Å². The highest BCUT2D eigenvalue weighted by atomic mass is 19.4. The van der Waals surface area contributed by atoms with Gasteiger partial charge in [0.05, 0.1) is 22.5 Å². The maximum atomic E-state index is 13.6. The number of benzene rings is 12. The van der Waals surface area contributed by atoms with Gasteiger partial charge in [0.1, 0.15) is 92.0 Å². The summed E-state index contributed by atoms with van der Waals surface area (Å²) >= 11 is 0. The molecule has 0 aliphatic rings. The van der Waals surface area contributed by atoms with Crippen molar-refractivity contribution in [3.05, 3.63) is 344 Å². The SMILES string of the molecule is CCc1ccc(-c2cc(-c3ccc(O)cc3)no2)cc1.Cc1ccc(Oc2nnnn2-c2ccc(O)cc2)cc1.Oc1ccc(-c2cc(-c3ccc(F)cc3F)on2)cc1.Oc1ccc(-c2cc(-c3ccccc3)on2)cc1.Oc1ccc(-c2cc(-c3ccccc3F)on2)cc1.Oc1ccc(-n2nnnc2Oc2ccc(OC(F)(F)F)cc2)cc1. The topological polar surface area (TPSA) is 340 Å². The molecule has 31 heteroatoms. The van der Waals surface area contributed by atoms with E-state index in [0.29, 0.717) is 39.8 Å². The molecule has 0 radical (unpaired) electrons. The van der Waals surface area contributed by atoms with Crippen LogP contribution >= 0.6 is 0 Å². The van der Waals surface area contributed by atoms with Crippen molar-refractivity contribution in [1.82, 2.24) is 61.0 Å². The number of halogens is 6. The van der Waals surface area contributed by atoms with E-state index in [1.807, 2.05) is 110 Å². The van der Waals surface area contributed by atoms with Gasteiger partial charge < -0.3 is 62.9 Å². The minimum Gasteiger partial charge on any atom is -0.508 e. The van der Waals surface area contributed by atoms with Gasteiger partial charge in [0.15, 0.2) is 23.0 Å². The number of ether oxygens (including phenoxy) is 3. The Labute approximate surface area is 683 Å². The van der Waals surface area contributed by atoms with Gasteiger partial charge in [0.2, 0.25) is 0 Å². The molecule has 606 valence electrons. The van der Waals surface area contributed by atoms with Crippen molar-refractivity contribution in [3.63, 3.8) is 0 Å². The van der Waals surface area contributed by atoms with Crippen molar-refractivity contribution in [2.75, 3.05) is 0 Å².